The lowest BCUT2D eigenvalue weighted by atomic mass is 9.99. The minimum Gasteiger partial charge on any atom is -0.398 e. The molecule has 0 aliphatic heterocycles. The van der Waals surface area contributed by atoms with Gasteiger partial charge in [0.25, 0.3) is 0 Å². The van der Waals surface area contributed by atoms with Crippen LogP contribution in [-0.2, 0) is 0 Å². The SMILES string of the molecule is Nc1ccc(I)cc1C(=O)C(O)c1ccccc1. The molecule has 0 saturated carbocycles. The van der Waals surface area contributed by atoms with Gasteiger partial charge in [-0.15, -0.1) is 0 Å². The first kappa shape index (κ1) is 13.0. The Hall–Kier alpha value is -1.40. The van der Waals surface area contributed by atoms with Crippen molar-refractivity contribution in [3.63, 3.8) is 0 Å². The number of ketones is 1. The van der Waals surface area contributed by atoms with E-state index in [2.05, 4.69) is 22.6 Å². The van der Waals surface area contributed by atoms with Crippen molar-refractivity contribution >= 4 is 34.1 Å². The van der Waals surface area contributed by atoms with Crippen molar-refractivity contribution in [1.82, 2.24) is 0 Å². The van der Waals surface area contributed by atoms with E-state index in [0.717, 1.165) is 3.57 Å². The van der Waals surface area contributed by atoms with Crippen LogP contribution in [0.2, 0.25) is 0 Å². The Morgan fingerprint density at radius 3 is 2.50 bits per heavy atom. The van der Waals surface area contributed by atoms with Crippen LogP contribution in [0, 0.1) is 3.57 Å². The molecule has 0 aliphatic carbocycles. The molecule has 0 radical (unpaired) electrons. The van der Waals surface area contributed by atoms with Crippen molar-refractivity contribution in [1.29, 1.82) is 0 Å². The van der Waals surface area contributed by atoms with Gasteiger partial charge in [-0.25, -0.2) is 0 Å². The van der Waals surface area contributed by atoms with Crippen LogP contribution < -0.4 is 5.73 Å². The van der Waals surface area contributed by atoms with E-state index in [-0.39, 0.29) is 5.78 Å². The molecule has 1 unspecified atom stereocenters. The fourth-order valence-corrected chi connectivity index (χ4v) is 2.17. The average Bonchev–Trinajstić information content (AvgIpc) is 2.41. The van der Waals surface area contributed by atoms with E-state index < -0.39 is 6.10 Å². The molecule has 0 saturated heterocycles. The van der Waals surface area contributed by atoms with Crippen LogP contribution in [0.3, 0.4) is 0 Å². The first-order valence-corrected chi connectivity index (χ1v) is 6.49. The molecule has 0 aromatic heterocycles. The summed E-state index contributed by atoms with van der Waals surface area (Å²) in [4.78, 5) is 12.2. The van der Waals surface area contributed by atoms with E-state index in [4.69, 9.17) is 5.73 Å². The second-order valence-electron chi connectivity index (χ2n) is 3.91. The van der Waals surface area contributed by atoms with Gasteiger partial charge in [0.1, 0.15) is 6.10 Å². The number of carbonyl (C=O) groups excluding carboxylic acids is 1. The number of carbonyl (C=O) groups is 1. The first-order chi connectivity index (χ1) is 8.59. The number of halogens is 1. The number of nitrogen functional groups attached to an aromatic ring is 1. The zero-order valence-electron chi connectivity index (χ0n) is 9.51. The topological polar surface area (TPSA) is 63.3 Å². The molecule has 0 fully saturated rings. The van der Waals surface area contributed by atoms with Crippen molar-refractivity contribution in [3.05, 3.63) is 63.2 Å². The minimum absolute atomic E-state index is 0.359. The summed E-state index contributed by atoms with van der Waals surface area (Å²) in [6, 6.07) is 14.0. The molecule has 1 atom stereocenters. The molecule has 0 spiro atoms. The summed E-state index contributed by atoms with van der Waals surface area (Å²) in [5, 5.41) is 10.1. The van der Waals surface area contributed by atoms with Gasteiger partial charge < -0.3 is 10.8 Å². The van der Waals surface area contributed by atoms with Crippen LogP contribution in [0.1, 0.15) is 22.0 Å². The van der Waals surface area contributed by atoms with Gasteiger partial charge in [-0.05, 0) is 46.4 Å². The van der Waals surface area contributed by atoms with Gasteiger partial charge in [-0.2, -0.15) is 0 Å². The average molecular weight is 353 g/mol. The van der Waals surface area contributed by atoms with Gasteiger partial charge in [-0.3, -0.25) is 4.79 Å². The third kappa shape index (κ3) is 2.70. The number of aliphatic hydroxyl groups is 1. The van der Waals surface area contributed by atoms with Crippen LogP contribution in [0.25, 0.3) is 0 Å². The first-order valence-electron chi connectivity index (χ1n) is 5.42. The standard InChI is InChI=1S/C14H12INO2/c15-10-6-7-12(16)11(8-10)14(18)13(17)9-4-2-1-3-5-9/h1-8,13,17H,16H2. The number of nitrogens with two attached hydrogens (primary N) is 1. The predicted octanol–water partition coefficient (Wildman–Crippen LogP) is 2.79. The number of hydrogen-bond donors (Lipinski definition) is 2. The van der Waals surface area contributed by atoms with Crippen LogP contribution >= 0.6 is 22.6 Å². The molecular formula is C14H12INO2. The maximum absolute atomic E-state index is 12.2. The van der Waals surface area contributed by atoms with Gasteiger partial charge in [0.05, 0.1) is 0 Å². The maximum atomic E-state index is 12.2. The molecule has 3 N–H and O–H groups in total. The van der Waals surface area contributed by atoms with E-state index in [1.54, 1.807) is 36.4 Å². The predicted molar refractivity (Wildman–Crippen MR) is 79.3 cm³/mol. The van der Waals surface area contributed by atoms with E-state index >= 15 is 0 Å². The number of anilines is 1. The number of rotatable bonds is 3. The Kier molecular flexibility index (Phi) is 3.98. The molecule has 2 aromatic rings. The monoisotopic (exact) mass is 353 g/mol. The lowest BCUT2D eigenvalue weighted by Gasteiger charge is -2.11. The van der Waals surface area contributed by atoms with Crippen molar-refractivity contribution in [2.45, 2.75) is 6.10 Å². The molecule has 2 rings (SSSR count). The molecular weight excluding hydrogens is 341 g/mol. The number of aliphatic hydroxyl groups excluding tert-OH is 1. The zero-order valence-corrected chi connectivity index (χ0v) is 11.7. The quantitative estimate of drug-likeness (QED) is 0.507. The lowest BCUT2D eigenvalue weighted by Crippen LogP contribution is -2.14. The normalized spacial score (nSPS) is 12.1. The fourth-order valence-electron chi connectivity index (χ4n) is 1.68. The molecule has 18 heavy (non-hydrogen) atoms. The van der Waals surface area contributed by atoms with Crippen LogP contribution in [0.5, 0.6) is 0 Å². The maximum Gasteiger partial charge on any atom is 0.197 e. The summed E-state index contributed by atoms with van der Waals surface area (Å²) in [5.41, 5.74) is 7.09. The van der Waals surface area contributed by atoms with Gasteiger partial charge in [0.15, 0.2) is 5.78 Å². The highest BCUT2D eigenvalue weighted by Crippen LogP contribution is 2.23. The second kappa shape index (κ2) is 5.49. The highest BCUT2D eigenvalue weighted by molar-refractivity contribution is 14.1. The Morgan fingerprint density at radius 2 is 1.83 bits per heavy atom. The highest BCUT2D eigenvalue weighted by atomic mass is 127. The highest BCUT2D eigenvalue weighted by Gasteiger charge is 2.21. The largest absolute Gasteiger partial charge is 0.398 e. The number of hydrogen-bond acceptors (Lipinski definition) is 3. The third-order valence-electron chi connectivity index (χ3n) is 2.64. The molecule has 0 aliphatic rings. The van der Waals surface area contributed by atoms with E-state index in [9.17, 15) is 9.90 Å². The molecule has 3 nitrogen and oxygen atoms in total. The number of Topliss-reactive ketones (excluding diaryl/α,β-unsaturated/α-hetero) is 1. The second-order valence-corrected chi connectivity index (χ2v) is 5.15. The van der Waals surface area contributed by atoms with Crippen molar-refractivity contribution in [3.8, 4) is 0 Å². The van der Waals surface area contributed by atoms with E-state index in [1.165, 1.54) is 0 Å². The minimum atomic E-state index is -1.17. The summed E-state index contributed by atoms with van der Waals surface area (Å²) in [6.45, 7) is 0. The zero-order chi connectivity index (χ0) is 13.1. The Morgan fingerprint density at radius 1 is 1.17 bits per heavy atom. The van der Waals surface area contributed by atoms with Crippen molar-refractivity contribution in [2.75, 3.05) is 5.73 Å². The summed E-state index contributed by atoms with van der Waals surface area (Å²) in [5.74, 6) is -0.378. The lowest BCUT2D eigenvalue weighted by molar-refractivity contribution is 0.0748. The summed E-state index contributed by atoms with van der Waals surface area (Å²) < 4.78 is 0.908. The Bertz CT molecular complexity index is 569. The van der Waals surface area contributed by atoms with Crippen LogP contribution in [0.4, 0.5) is 5.69 Å². The number of benzene rings is 2. The Balaban J connectivity index is 2.34. The van der Waals surface area contributed by atoms with Gasteiger partial charge >= 0.3 is 0 Å². The molecule has 2 aromatic carbocycles. The van der Waals surface area contributed by atoms with Crippen molar-refractivity contribution < 1.29 is 9.90 Å². The van der Waals surface area contributed by atoms with Crippen LogP contribution in [0.15, 0.2) is 48.5 Å². The van der Waals surface area contributed by atoms with Gasteiger partial charge in [0, 0.05) is 14.8 Å². The molecule has 92 valence electrons. The fraction of sp³-hybridized carbons (Fsp3) is 0.0714. The van der Waals surface area contributed by atoms with E-state index in [1.807, 2.05) is 12.1 Å². The van der Waals surface area contributed by atoms with Crippen molar-refractivity contribution in [2.24, 2.45) is 0 Å². The molecule has 0 amide bonds. The molecule has 4 heteroatoms. The van der Waals surface area contributed by atoms with Gasteiger partial charge in [0.2, 0.25) is 0 Å². The third-order valence-corrected chi connectivity index (χ3v) is 3.32. The van der Waals surface area contributed by atoms with Crippen LogP contribution in [-0.4, -0.2) is 10.9 Å². The molecule has 0 heterocycles. The Labute approximate surface area is 119 Å². The smallest absolute Gasteiger partial charge is 0.197 e. The summed E-state index contributed by atoms with van der Waals surface area (Å²) >= 11 is 2.10. The van der Waals surface area contributed by atoms with E-state index in [0.29, 0.717) is 16.8 Å². The molecule has 0 bridgehead atoms. The summed E-state index contributed by atoms with van der Waals surface area (Å²) in [7, 11) is 0. The summed E-state index contributed by atoms with van der Waals surface area (Å²) in [6.07, 6.45) is -1.17. The van der Waals surface area contributed by atoms with Gasteiger partial charge in [-0.1, -0.05) is 30.3 Å².